The van der Waals surface area contributed by atoms with Gasteiger partial charge in [0.1, 0.15) is 5.76 Å². The number of furan rings is 1. The van der Waals surface area contributed by atoms with Gasteiger partial charge in [0.25, 0.3) is 0 Å². The molecule has 2 rings (SSSR count). The minimum Gasteiger partial charge on any atom is -0.451 e. The summed E-state index contributed by atoms with van der Waals surface area (Å²) < 4.78 is 7.44. The summed E-state index contributed by atoms with van der Waals surface area (Å²) >= 11 is 6.86. The van der Waals surface area contributed by atoms with Crippen LogP contribution in [0.5, 0.6) is 0 Å². The van der Waals surface area contributed by atoms with E-state index in [1.165, 1.54) is 6.42 Å². The maximum atomic E-state index is 5.97. The molecule has 2 atom stereocenters. The maximum absolute atomic E-state index is 5.97. The fourth-order valence-corrected chi connectivity index (χ4v) is 3.36. The van der Waals surface area contributed by atoms with Crippen LogP contribution in [0.2, 0.25) is 0 Å². The summed E-state index contributed by atoms with van der Waals surface area (Å²) in [5, 5.41) is 0. The van der Waals surface area contributed by atoms with E-state index in [1.807, 2.05) is 6.07 Å². The van der Waals surface area contributed by atoms with Gasteiger partial charge in [-0.05, 0) is 62.2 Å². The lowest BCUT2D eigenvalue weighted by Crippen LogP contribution is -2.33. The molecule has 2 N–H and O–H groups in total. The molecule has 5 heteroatoms. The Labute approximate surface area is 132 Å². The fraction of sp³-hybridized carbons (Fsp3) is 0.714. The third-order valence-corrected chi connectivity index (χ3v) is 5.81. The smallest absolute Gasteiger partial charge is 0.183 e. The van der Waals surface area contributed by atoms with E-state index in [0.717, 1.165) is 33.9 Å². The SMILES string of the molecule is CC(C)(C)C1CCN(C(CN)c2cc(Br)c(Br)o2)C1. The van der Waals surface area contributed by atoms with E-state index in [-0.39, 0.29) is 6.04 Å². The van der Waals surface area contributed by atoms with Crippen molar-refractivity contribution in [1.82, 2.24) is 4.90 Å². The number of nitrogens with two attached hydrogens (primary N) is 1. The number of halogens is 2. The van der Waals surface area contributed by atoms with E-state index < -0.39 is 0 Å². The third-order valence-electron chi connectivity index (χ3n) is 4.10. The molecule has 19 heavy (non-hydrogen) atoms. The average molecular weight is 394 g/mol. The summed E-state index contributed by atoms with van der Waals surface area (Å²) in [7, 11) is 0. The monoisotopic (exact) mass is 392 g/mol. The Balaban J connectivity index is 2.12. The highest BCUT2D eigenvalue weighted by atomic mass is 79.9. The number of rotatable bonds is 3. The van der Waals surface area contributed by atoms with Crippen molar-refractivity contribution in [3.8, 4) is 0 Å². The quantitative estimate of drug-likeness (QED) is 0.837. The number of hydrogen-bond acceptors (Lipinski definition) is 3. The Bertz CT molecular complexity index is 420. The van der Waals surface area contributed by atoms with E-state index in [4.69, 9.17) is 10.2 Å². The Morgan fingerprint density at radius 3 is 2.58 bits per heavy atom. The van der Waals surface area contributed by atoms with Gasteiger partial charge < -0.3 is 10.2 Å². The van der Waals surface area contributed by atoms with Gasteiger partial charge in [0, 0.05) is 13.1 Å². The molecule has 2 unspecified atom stereocenters. The Morgan fingerprint density at radius 1 is 1.47 bits per heavy atom. The Morgan fingerprint density at radius 2 is 2.16 bits per heavy atom. The molecule has 108 valence electrons. The van der Waals surface area contributed by atoms with Crippen molar-refractivity contribution in [2.24, 2.45) is 17.1 Å². The van der Waals surface area contributed by atoms with Crippen LogP contribution in [-0.2, 0) is 0 Å². The predicted molar refractivity (Wildman–Crippen MR) is 85.0 cm³/mol. The highest BCUT2D eigenvalue weighted by Crippen LogP contribution is 2.38. The first kappa shape index (κ1) is 15.5. The molecule has 0 aromatic carbocycles. The lowest BCUT2D eigenvalue weighted by Gasteiger charge is -2.29. The van der Waals surface area contributed by atoms with Crippen molar-refractivity contribution in [1.29, 1.82) is 0 Å². The summed E-state index contributed by atoms with van der Waals surface area (Å²) in [6.45, 7) is 9.74. The molecule has 0 amide bonds. The zero-order chi connectivity index (χ0) is 14.2. The number of hydrogen-bond donors (Lipinski definition) is 1. The van der Waals surface area contributed by atoms with Gasteiger partial charge in [0.15, 0.2) is 4.67 Å². The van der Waals surface area contributed by atoms with Crippen molar-refractivity contribution >= 4 is 31.9 Å². The summed E-state index contributed by atoms with van der Waals surface area (Å²) in [6, 6.07) is 2.20. The standard InChI is InChI=1S/C14H22Br2N2O/c1-14(2,3)9-4-5-18(8-9)11(7-17)12-6-10(15)13(16)19-12/h6,9,11H,4-5,7-8,17H2,1-3H3. The molecular formula is C14H22Br2N2O. The maximum Gasteiger partial charge on any atom is 0.183 e. The first-order valence-electron chi connectivity index (χ1n) is 6.71. The Kier molecular flexibility index (Phi) is 4.81. The molecule has 0 bridgehead atoms. The fourth-order valence-electron chi connectivity index (χ4n) is 2.75. The molecule has 0 aliphatic carbocycles. The van der Waals surface area contributed by atoms with E-state index in [2.05, 4.69) is 57.5 Å². The van der Waals surface area contributed by atoms with E-state index in [1.54, 1.807) is 0 Å². The third kappa shape index (κ3) is 3.43. The molecule has 1 aliphatic rings. The van der Waals surface area contributed by atoms with Crippen LogP contribution in [0.3, 0.4) is 0 Å². The van der Waals surface area contributed by atoms with Crippen LogP contribution >= 0.6 is 31.9 Å². The van der Waals surface area contributed by atoms with Crippen LogP contribution in [0.15, 0.2) is 19.6 Å². The van der Waals surface area contributed by atoms with Gasteiger partial charge in [-0.15, -0.1) is 0 Å². The van der Waals surface area contributed by atoms with Gasteiger partial charge in [-0.2, -0.15) is 0 Å². The van der Waals surface area contributed by atoms with Crippen molar-refractivity contribution in [3.63, 3.8) is 0 Å². The second-order valence-electron chi connectivity index (χ2n) is 6.37. The highest BCUT2D eigenvalue weighted by Gasteiger charge is 2.35. The van der Waals surface area contributed by atoms with Gasteiger partial charge in [-0.1, -0.05) is 20.8 Å². The normalized spacial score (nSPS) is 22.9. The van der Waals surface area contributed by atoms with Gasteiger partial charge in [-0.3, -0.25) is 4.90 Å². The summed E-state index contributed by atoms with van der Waals surface area (Å²) in [4.78, 5) is 2.45. The van der Waals surface area contributed by atoms with Gasteiger partial charge in [0.05, 0.1) is 10.5 Å². The highest BCUT2D eigenvalue weighted by molar-refractivity contribution is 9.13. The first-order valence-corrected chi connectivity index (χ1v) is 8.30. The van der Waals surface area contributed by atoms with Crippen molar-refractivity contribution in [2.75, 3.05) is 19.6 Å². The molecule has 0 saturated carbocycles. The lowest BCUT2D eigenvalue weighted by atomic mass is 9.80. The molecule has 0 radical (unpaired) electrons. The van der Waals surface area contributed by atoms with Crippen LogP contribution in [-0.4, -0.2) is 24.5 Å². The molecule has 1 fully saturated rings. The van der Waals surface area contributed by atoms with Gasteiger partial charge in [0.2, 0.25) is 0 Å². The van der Waals surface area contributed by atoms with Crippen LogP contribution in [0.25, 0.3) is 0 Å². The minimum absolute atomic E-state index is 0.176. The summed E-state index contributed by atoms with van der Waals surface area (Å²) in [5.74, 6) is 1.67. The number of likely N-dealkylation sites (tertiary alicyclic amines) is 1. The number of nitrogens with zero attached hydrogens (tertiary/aromatic N) is 1. The predicted octanol–water partition coefficient (Wildman–Crippen LogP) is 4.17. The average Bonchev–Trinajstić information content (AvgIpc) is 2.88. The largest absolute Gasteiger partial charge is 0.451 e. The summed E-state index contributed by atoms with van der Waals surface area (Å²) in [5.41, 5.74) is 6.33. The minimum atomic E-state index is 0.176. The van der Waals surface area contributed by atoms with Crippen LogP contribution < -0.4 is 5.73 Å². The topological polar surface area (TPSA) is 42.4 Å². The van der Waals surface area contributed by atoms with Crippen molar-refractivity contribution in [2.45, 2.75) is 33.2 Å². The molecule has 1 aromatic rings. The second kappa shape index (κ2) is 5.88. The van der Waals surface area contributed by atoms with Crippen molar-refractivity contribution in [3.05, 3.63) is 21.0 Å². The second-order valence-corrected chi connectivity index (χ2v) is 7.94. The molecule has 1 aromatic heterocycles. The van der Waals surface area contributed by atoms with Gasteiger partial charge >= 0.3 is 0 Å². The lowest BCUT2D eigenvalue weighted by molar-refractivity contribution is 0.181. The van der Waals surface area contributed by atoms with E-state index >= 15 is 0 Å². The van der Waals surface area contributed by atoms with Crippen LogP contribution in [0.1, 0.15) is 39.0 Å². The summed E-state index contributed by atoms with van der Waals surface area (Å²) in [6.07, 6.45) is 1.24. The zero-order valence-corrected chi connectivity index (χ0v) is 14.9. The molecular weight excluding hydrogens is 372 g/mol. The van der Waals surface area contributed by atoms with Crippen molar-refractivity contribution < 1.29 is 4.42 Å². The van der Waals surface area contributed by atoms with E-state index in [9.17, 15) is 0 Å². The van der Waals surface area contributed by atoms with Gasteiger partial charge in [-0.25, -0.2) is 0 Å². The molecule has 3 nitrogen and oxygen atoms in total. The zero-order valence-electron chi connectivity index (χ0n) is 11.7. The molecule has 1 aliphatic heterocycles. The molecule has 1 saturated heterocycles. The van der Waals surface area contributed by atoms with E-state index in [0.29, 0.717) is 12.0 Å². The molecule has 0 spiro atoms. The van der Waals surface area contributed by atoms with Crippen LogP contribution in [0, 0.1) is 11.3 Å². The molecule has 2 heterocycles. The Hall–Kier alpha value is 0.160. The van der Waals surface area contributed by atoms with Crippen LogP contribution in [0.4, 0.5) is 0 Å². The first-order chi connectivity index (χ1) is 8.82.